The lowest BCUT2D eigenvalue weighted by Crippen LogP contribution is -1.94. The zero-order chi connectivity index (χ0) is 17.6. The summed E-state index contributed by atoms with van der Waals surface area (Å²) in [5, 5.41) is 14.3. The third kappa shape index (κ3) is 2.77. The number of carboxylic acid groups (broad SMARTS) is 1. The van der Waals surface area contributed by atoms with E-state index in [1.807, 2.05) is 37.5 Å². The molecule has 7 heteroatoms. The average Bonchev–Trinajstić information content (AvgIpc) is 3.17. The van der Waals surface area contributed by atoms with Crippen molar-refractivity contribution in [2.75, 3.05) is 0 Å². The van der Waals surface area contributed by atoms with Gasteiger partial charge in [-0.25, -0.2) is 9.78 Å². The number of carbonyl (C=O) groups is 1. The summed E-state index contributed by atoms with van der Waals surface area (Å²) in [5.74, 6) is -0.348. The Morgan fingerprint density at radius 1 is 1.24 bits per heavy atom. The number of H-pyrrole nitrogens is 1. The summed E-state index contributed by atoms with van der Waals surface area (Å²) >= 11 is 6.10. The van der Waals surface area contributed by atoms with Gasteiger partial charge < -0.3 is 10.1 Å². The fraction of sp³-hybridized carbons (Fsp3) is 0.0556. The van der Waals surface area contributed by atoms with Crippen LogP contribution in [0.1, 0.15) is 10.4 Å². The van der Waals surface area contributed by atoms with Crippen LogP contribution in [0.25, 0.3) is 33.7 Å². The van der Waals surface area contributed by atoms with Gasteiger partial charge in [-0.15, -0.1) is 0 Å². The normalized spacial score (nSPS) is 11.1. The van der Waals surface area contributed by atoms with Crippen molar-refractivity contribution in [3.05, 3.63) is 59.2 Å². The summed E-state index contributed by atoms with van der Waals surface area (Å²) < 4.78 is 1.71. The lowest BCUT2D eigenvalue weighted by atomic mass is 10.1. The van der Waals surface area contributed by atoms with E-state index in [1.54, 1.807) is 16.8 Å². The summed E-state index contributed by atoms with van der Waals surface area (Å²) in [6.07, 6.45) is 1.87. The van der Waals surface area contributed by atoms with Crippen molar-refractivity contribution in [2.45, 2.75) is 0 Å². The highest BCUT2D eigenvalue weighted by Crippen LogP contribution is 2.31. The number of rotatable bonds is 3. The summed E-state index contributed by atoms with van der Waals surface area (Å²) in [5.41, 5.74) is 4.02. The van der Waals surface area contributed by atoms with Gasteiger partial charge in [-0.2, -0.15) is 5.10 Å². The number of hydrogen-bond donors (Lipinski definition) is 2. The van der Waals surface area contributed by atoms with E-state index < -0.39 is 5.97 Å². The third-order valence-electron chi connectivity index (χ3n) is 3.91. The van der Waals surface area contributed by atoms with Gasteiger partial charge in [-0.3, -0.25) is 4.68 Å². The van der Waals surface area contributed by atoms with Crippen LogP contribution in [0.4, 0.5) is 0 Å². The van der Waals surface area contributed by atoms with E-state index in [2.05, 4.69) is 15.1 Å². The summed E-state index contributed by atoms with van der Waals surface area (Å²) in [4.78, 5) is 18.9. The van der Waals surface area contributed by atoms with Crippen LogP contribution >= 0.6 is 11.6 Å². The number of aromatic carboxylic acids is 1. The molecule has 0 atom stereocenters. The fourth-order valence-corrected chi connectivity index (χ4v) is 2.97. The molecule has 2 aromatic heterocycles. The predicted octanol–water partition coefficient (Wildman–Crippen LogP) is 3.98. The van der Waals surface area contributed by atoms with Crippen molar-refractivity contribution < 1.29 is 9.90 Å². The van der Waals surface area contributed by atoms with Crippen LogP contribution in [0.15, 0.2) is 48.7 Å². The van der Waals surface area contributed by atoms with Gasteiger partial charge in [-0.05, 0) is 30.3 Å². The second kappa shape index (κ2) is 5.75. The van der Waals surface area contributed by atoms with Gasteiger partial charge in [0.15, 0.2) is 0 Å². The van der Waals surface area contributed by atoms with Gasteiger partial charge in [0.2, 0.25) is 0 Å². The Balaban J connectivity index is 1.87. The molecule has 6 nitrogen and oxygen atoms in total. The number of nitrogens with one attached hydrogen (secondary N) is 1. The maximum absolute atomic E-state index is 11.1. The number of halogens is 1. The first kappa shape index (κ1) is 15.4. The number of fused-ring (bicyclic) bond motifs is 1. The van der Waals surface area contributed by atoms with Gasteiger partial charge >= 0.3 is 5.97 Å². The molecule has 4 rings (SSSR count). The van der Waals surface area contributed by atoms with Gasteiger partial charge in [0.25, 0.3) is 0 Å². The van der Waals surface area contributed by atoms with Crippen LogP contribution in [0.2, 0.25) is 5.02 Å². The molecule has 2 heterocycles. The van der Waals surface area contributed by atoms with E-state index in [4.69, 9.17) is 16.7 Å². The van der Waals surface area contributed by atoms with Crippen molar-refractivity contribution in [2.24, 2.45) is 7.05 Å². The molecule has 0 saturated heterocycles. The Morgan fingerprint density at radius 3 is 2.84 bits per heavy atom. The lowest BCUT2D eigenvalue weighted by molar-refractivity contribution is 0.0697. The average molecular weight is 353 g/mol. The first-order valence-electron chi connectivity index (χ1n) is 7.54. The van der Waals surface area contributed by atoms with E-state index in [9.17, 15) is 4.79 Å². The summed E-state index contributed by atoms with van der Waals surface area (Å²) in [6.45, 7) is 0. The van der Waals surface area contributed by atoms with Gasteiger partial charge in [0, 0.05) is 23.8 Å². The van der Waals surface area contributed by atoms with Crippen LogP contribution in [-0.4, -0.2) is 30.8 Å². The van der Waals surface area contributed by atoms with Crippen LogP contribution in [0, 0.1) is 0 Å². The van der Waals surface area contributed by atoms with Crippen LogP contribution in [0.3, 0.4) is 0 Å². The van der Waals surface area contributed by atoms with Crippen molar-refractivity contribution >= 4 is 28.6 Å². The second-order valence-corrected chi connectivity index (χ2v) is 6.13. The van der Waals surface area contributed by atoms with Crippen molar-refractivity contribution in [3.8, 4) is 22.6 Å². The first-order chi connectivity index (χ1) is 12.0. The van der Waals surface area contributed by atoms with Gasteiger partial charge in [0.05, 0.1) is 22.2 Å². The molecule has 0 aliphatic carbocycles. The molecule has 0 radical (unpaired) electrons. The minimum absolute atomic E-state index is 0.212. The van der Waals surface area contributed by atoms with E-state index in [0.717, 1.165) is 16.8 Å². The highest BCUT2D eigenvalue weighted by atomic mass is 35.5. The second-order valence-electron chi connectivity index (χ2n) is 5.70. The topological polar surface area (TPSA) is 83.8 Å². The zero-order valence-electron chi connectivity index (χ0n) is 13.2. The molecule has 0 bridgehead atoms. The molecule has 0 saturated carbocycles. The first-order valence-corrected chi connectivity index (χ1v) is 7.92. The Labute approximate surface area is 147 Å². The Kier molecular flexibility index (Phi) is 3.54. The summed E-state index contributed by atoms with van der Waals surface area (Å²) in [6, 6.07) is 12.3. The predicted molar refractivity (Wildman–Crippen MR) is 95.7 cm³/mol. The summed E-state index contributed by atoms with van der Waals surface area (Å²) in [7, 11) is 1.84. The van der Waals surface area contributed by atoms with Crippen molar-refractivity contribution in [1.82, 2.24) is 19.7 Å². The molecule has 0 fully saturated rings. The molecule has 4 aromatic rings. The molecule has 124 valence electrons. The molecule has 0 amide bonds. The number of hydrogen-bond acceptors (Lipinski definition) is 3. The van der Waals surface area contributed by atoms with Crippen LogP contribution in [-0.2, 0) is 7.05 Å². The standard InChI is InChI=1S/C18H13ClN4O2/c1-23-9-13(16(22-23)10-3-2-4-12(19)7-10)17-20-14-6-5-11(18(24)25)8-15(14)21-17/h2-9H,1H3,(H,20,21)(H,24,25). The van der Waals surface area contributed by atoms with Crippen molar-refractivity contribution in [1.29, 1.82) is 0 Å². The SMILES string of the molecule is Cn1cc(-c2nc3ccc(C(=O)O)cc3[nH]2)c(-c2cccc(Cl)c2)n1. The molecular formula is C18H13ClN4O2. The Bertz CT molecular complexity index is 1110. The van der Waals surface area contributed by atoms with E-state index in [-0.39, 0.29) is 5.56 Å². The number of aromatic nitrogens is 4. The molecule has 0 unspecified atom stereocenters. The van der Waals surface area contributed by atoms with Crippen LogP contribution in [0.5, 0.6) is 0 Å². The smallest absolute Gasteiger partial charge is 0.335 e. The minimum atomic E-state index is -0.973. The molecule has 2 aromatic carbocycles. The van der Waals surface area contributed by atoms with Crippen LogP contribution < -0.4 is 0 Å². The third-order valence-corrected chi connectivity index (χ3v) is 4.15. The largest absolute Gasteiger partial charge is 0.478 e. The van der Waals surface area contributed by atoms with E-state index in [1.165, 1.54) is 6.07 Å². The fourth-order valence-electron chi connectivity index (χ4n) is 2.78. The molecule has 0 spiro atoms. The molecule has 0 aliphatic rings. The highest BCUT2D eigenvalue weighted by molar-refractivity contribution is 6.30. The number of nitrogens with zero attached hydrogens (tertiary/aromatic N) is 3. The highest BCUT2D eigenvalue weighted by Gasteiger charge is 2.16. The number of aromatic amines is 1. The van der Waals surface area contributed by atoms with E-state index >= 15 is 0 Å². The van der Waals surface area contributed by atoms with Gasteiger partial charge in [-0.1, -0.05) is 23.7 Å². The van der Waals surface area contributed by atoms with E-state index in [0.29, 0.717) is 21.9 Å². The minimum Gasteiger partial charge on any atom is -0.478 e. The molecule has 0 aliphatic heterocycles. The number of carboxylic acids is 1. The monoisotopic (exact) mass is 352 g/mol. The van der Waals surface area contributed by atoms with Crippen molar-refractivity contribution in [3.63, 3.8) is 0 Å². The number of imidazole rings is 1. The Hall–Kier alpha value is -3.12. The number of benzene rings is 2. The molecule has 25 heavy (non-hydrogen) atoms. The lowest BCUT2D eigenvalue weighted by Gasteiger charge is -2.00. The zero-order valence-corrected chi connectivity index (χ0v) is 13.9. The number of aryl methyl sites for hydroxylation is 1. The molecular weight excluding hydrogens is 340 g/mol. The molecule has 2 N–H and O–H groups in total. The maximum Gasteiger partial charge on any atom is 0.335 e. The Morgan fingerprint density at radius 2 is 2.08 bits per heavy atom. The quantitative estimate of drug-likeness (QED) is 0.584. The maximum atomic E-state index is 11.1. The van der Waals surface area contributed by atoms with Gasteiger partial charge in [0.1, 0.15) is 11.5 Å².